The van der Waals surface area contributed by atoms with Gasteiger partial charge >= 0.3 is 5.97 Å². The second kappa shape index (κ2) is 7.56. The molecule has 2 heterocycles. The number of likely N-dealkylation sites (tertiary alicyclic amines) is 1. The highest BCUT2D eigenvalue weighted by molar-refractivity contribution is 6.01. The van der Waals surface area contributed by atoms with E-state index < -0.39 is 41.0 Å². The fraction of sp³-hybridized carbons (Fsp3) is 0.278. The van der Waals surface area contributed by atoms with Crippen LogP contribution in [0.3, 0.4) is 0 Å². The van der Waals surface area contributed by atoms with E-state index in [-0.39, 0.29) is 11.4 Å². The number of benzene rings is 1. The van der Waals surface area contributed by atoms with Crippen LogP contribution in [0.15, 0.2) is 34.9 Å². The van der Waals surface area contributed by atoms with Crippen molar-refractivity contribution in [1.29, 1.82) is 0 Å². The molecule has 0 unspecified atom stereocenters. The van der Waals surface area contributed by atoms with Gasteiger partial charge in [0.2, 0.25) is 5.91 Å². The van der Waals surface area contributed by atoms with E-state index in [0.717, 1.165) is 13.2 Å². The summed E-state index contributed by atoms with van der Waals surface area (Å²) in [6.45, 7) is 0.344. The lowest BCUT2D eigenvalue weighted by molar-refractivity contribution is -0.119. The zero-order chi connectivity index (χ0) is 19.6. The number of rotatable bonds is 4. The number of esters is 1. The summed E-state index contributed by atoms with van der Waals surface area (Å²) in [5.41, 5.74) is -0.886. The topological polar surface area (TPSA) is 88.9 Å². The van der Waals surface area contributed by atoms with Gasteiger partial charge in [-0.25, -0.2) is 13.6 Å². The lowest BCUT2D eigenvalue weighted by atomic mass is 10.1. The van der Waals surface area contributed by atoms with Crippen molar-refractivity contribution in [1.82, 2.24) is 4.90 Å². The van der Waals surface area contributed by atoms with Crippen molar-refractivity contribution in [2.24, 2.45) is 0 Å². The van der Waals surface area contributed by atoms with Gasteiger partial charge in [0, 0.05) is 12.6 Å². The molecule has 2 amide bonds. The van der Waals surface area contributed by atoms with Gasteiger partial charge in [-0.1, -0.05) is 0 Å². The molecule has 1 aromatic heterocycles. The highest BCUT2D eigenvalue weighted by Gasteiger charge is 2.36. The molecule has 142 valence electrons. The predicted octanol–water partition coefficient (Wildman–Crippen LogP) is 2.59. The average Bonchev–Trinajstić information content (AvgIpc) is 3.34. The number of halogens is 2. The normalized spacial score (nSPS) is 16.3. The van der Waals surface area contributed by atoms with Crippen LogP contribution in [0.25, 0.3) is 0 Å². The third kappa shape index (κ3) is 3.67. The molecular formula is C18H16F2N2O5. The molecule has 1 aromatic carbocycles. The average molecular weight is 378 g/mol. The molecular weight excluding hydrogens is 362 g/mol. The van der Waals surface area contributed by atoms with Crippen LogP contribution in [0.4, 0.5) is 14.5 Å². The molecule has 7 nitrogen and oxygen atoms in total. The maximum atomic E-state index is 14.0. The zero-order valence-electron chi connectivity index (χ0n) is 14.3. The van der Waals surface area contributed by atoms with Gasteiger partial charge < -0.3 is 19.4 Å². The Balaban J connectivity index is 1.80. The molecule has 0 radical (unpaired) electrons. The number of hydrogen-bond acceptors (Lipinski definition) is 5. The molecule has 0 spiro atoms. The first kappa shape index (κ1) is 18.6. The Hall–Kier alpha value is -3.23. The highest BCUT2D eigenvalue weighted by Crippen LogP contribution is 2.24. The third-order valence-electron chi connectivity index (χ3n) is 4.27. The monoisotopic (exact) mass is 378 g/mol. The van der Waals surface area contributed by atoms with Crippen LogP contribution in [0.2, 0.25) is 0 Å². The first-order chi connectivity index (χ1) is 12.9. The van der Waals surface area contributed by atoms with E-state index in [1.807, 2.05) is 0 Å². The van der Waals surface area contributed by atoms with Crippen molar-refractivity contribution < 1.29 is 32.3 Å². The molecule has 0 bridgehead atoms. The Kier molecular flexibility index (Phi) is 5.20. The van der Waals surface area contributed by atoms with Gasteiger partial charge in [0.1, 0.15) is 17.7 Å². The Bertz CT molecular complexity index is 882. The van der Waals surface area contributed by atoms with E-state index in [0.29, 0.717) is 25.5 Å². The van der Waals surface area contributed by atoms with Crippen LogP contribution in [0.1, 0.15) is 33.8 Å². The minimum absolute atomic E-state index is 0.0932. The Labute approximate surface area is 152 Å². The van der Waals surface area contributed by atoms with E-state index in [4.69, 9.17) is 4.42 Å². The van der Waals surface area contributed by atoms with Crippen molar-refractivity contribution in [3.05, 3.63) is 53.5 Å². The molecule has 0 saturated carbocycles. The molecule has 1 saturated heterocycles. The van der Waals surface area contributed by atoms with Crippen LogP contribution in [0.5, 0.6) is 0 Å². The summed E-state index contributed by atoms with van der Waals surface area (Å²) >= 11 is 0. The quantitative estimate of drug-likeness (QED) is 0.826. The van der Waals surface area contributed by atoms with Gasteiger partial charge in [0.05, 0.1) is 24.6 Å². The number of nitrogens with one attached hydrogen (secondary N) is 1. The first-order valence-corrected chi connectivity index (χ1v) is 8.15. The van der Waals surface area contributed by atoms with Crippen LogP contribution in [-0.2, 0) is 9.53 Å². The predicted molar refractivity (Wildman–Crippen MR) is 89.1 cm³/mol. The number of amides is 2. The van der Waals surface area contributed by atoms with E-state index in [1.165, 1.54) is 17.2 Å². The smallest absolute Gasteiger partial charge is 0.340 e. The largest absolute Gasteiger partial charge is 0.465 e. The molecule has 2 aromatic rings. The zero-order valence-corrected chi connectivity index (χ0v) is 14.3. The second-order valence-corrected chi connectivity index (χ2v) is 5.93. The van der Waals surface area contributed by atoms with E-state index >= 15 is 0 Å². The van der Waals surface area contributed by atoms with Gasteiger partial charge in [0.15, 0.2) is 5.76 Å². The number of carbonyl (C=O) groups excluding carboxylic acids is 3. The summed E-state index contributed by atoms with van der Waals surface area (Å²) in [5, 5.41) is 2.32. The fourth-order valence-electron chi connectivity index (χ4n) is 2.95. The summed E-state index contributed by atoms with van der Waals surface area (Å²) in [7, 11) is 1.06. The Morgan fingerprint density at radius 2 is 2.04 bits per heavy atom. The number of nitrogens with zero attached hydrogens (tertiary/aromatic N) is 1. The molecule has 1 N–H and O–H groups in total. The minimum Gasteiger partial charge on any atom is -0.465 e. The van der Waals surface area contributed by atoms with E-state index in [2.05, 4.69) is 10.1 Å². The lowest BCUT2D eigenvalue weighted by Gasteiger charge is -2.23. The van der Waals surface area contributed by atoms with Crippen molar-refractivity contribution in [2.75, 3.05) is 19.0 Å². The maximum Gasteiger partial charge on any atom is 0.340 e. The van der Waals surface area contributed by atoms with Crippen LogP contribution in [-0.4, -0.2) is 42.4 Å². The van der Waals surface area contributed by atoms with Crippen LogP contribution >= 0.6 is 0 Å². The molecule has 1 fully saturated rings. The van der Waals surface area contributed by atoms with Crippen molar-refractivity contribution >= 4 is 23.5 Å². The lowest BCUT2D eigenvalue weighted by Crippen LogP contribution is -2.43. The summed E-state index contributed by atoms with van der Waals surface area (Å²) in [5.74, 6) is -4.15. The fourth-order valence-corrected chi connectivity index (χ4v) is 2.95. The van der Waals surface area contributed by atoms with E-state index in [1.54, 1.807) is 6.07 Å². The summed E-state index contributed by atoms with van der Waals surface area (Å²) in [6.07, 6.45) is 2.31. The first-order valence-electron chi connectivity index (χ1n) is 8.15. The van der Waals surface area contributed by atoms with Gasteiger partial charge in [0.25, 0.3) is 5.91 Å². The number of hydrogen-bond donors (Lipinski definition) is 1. The van der Waals surface area contributed by atoms with Gasteiger partial charge in [-0.3, -0.25) is 9.59 Å². The Morgan fingerprint density at radius 3 is 2.70 bits per heavy atom. The van der Waals surface area contributed by atoms with Gasteiger partial charge in [-0.2, -0.15) is 0 Å². The number of ether oxygens (including phenoxy) is 1. The summed E-state index contributed by atoms with van der Waals surface area (Å²) in [6, 6.07) is 3.55. The number of carbonyl (C=O) groups is 3. The Morgan fingerprint density at radius 1 is 1.26 bits per heavy atom. The molecule has 0 aliphatic carbocycles. The standard InChI is InChI=1S/C18H16F2N2O5/c1-26-18(25)10-8-13(12(20)9-11(10)19)21-16(23)14-4-2-6-22(14)17(24)15-5-3-7-27-15/h3,5,7-9,14H,2,4,6H2,1H3,(H,21,23)/t14-/m1/s1. The minimum atomic E-state index is -1.10. The van der Waals surface area contributed by atoms with Crippen molar-refractivity contribution in [3.63, 3.8) is 0 Å². The van der Waals surface area contributed by atoms with Crippen LogP contribution < -0.4 is 5.32 Å². The maximum absolute atomic E-state index is 14.0. The molecule has 9 heteroatoms. The molecule has 1 aliphatic rings. The number of furan rings is 1. The van der Waals surface area contributed by atoms with Crippen molar-refractivity contribution in [2.45, 2.75) is 18.9 Å². The molecule has 1 aliphatic heterocycles. The summed E-state index contributed by atoms with van der Waals surface area (Å²) in [4.78, 5) is 37.9. The number of methoxy groups -OCH3 is 1. The molecule has 27 heavy (non-hydrogen) atoms. The van der Waals surface area contributed by atoms with Gasteiger partial charge in [-0.05, 0) is 31.0 Å². The van der Waals surface area contributed by atoms with Gasteiger partial charge in [-0.15, -0.1) is 0 Å². The molecule has 3 rings (SSSR count). The summed E-state index contributed by atoms with van der Waals surface area (Å²) < 4.78 is 37.2. The van der Waals surface area contributed by atoms with E-state index in [9.17, 15) is 23.2 Å². The van der Waals surface area contributed by atoms with Crippen molar-refractivity contribution in [3.8, 4) is 0 Å². The highest BCUT2D eigenvalue weighted by atomic mass is 19.1. The third-order valence-corrected chi connectivity index (χ3v) is 4.27. The SMILES string of the molecule is COC(=O)c1cc(NC(=O)[C@H]2CCCN2C(=O)c2ccco2)c(F)cc1F. The van der Waals surface area contributed by atoms with Crippen LogP contribution in [0, 0.1) is 11.6 Å². The second-order valence-electron chi connectivity index (χ2n) is 5.93. The molecule has 1 atom stereocenters. The number of anilines is 1.